The topological polar surface area (TPSA) is 57.6 Å². The highest BCUT2D eigenvalue weighted by Gasteiger charge is 2.44. The van der Waals surface area contributed by atoms with Crippen molar-refractivity contribution in [2.45, 2.75) is 43.9 Å². The first-order valence-corrected chi connectivity index (χ1v) is 9.22. The summed E-state index contributed by atoms with van der Waals surface area (Å²) in [5.41, 5.74) is 1.44. The van der Waals surface area contributed by atoms with Gasteiger partial charge in [0.1, 0.15) is 12.2 Å². The number of likely N-dealkylation sites (tertiary alicyclic amines) is 2. The smallest absolute Gasteiger partial charge is 0.354 e. The second-order valence-electron chi connectivity index (χ2n) is 7.21. The molecule has 2 atom stereocenters. The number of piperidine rings is 1. The van der Waals surface area contributed by atoms with Gasteiger partial charge in [0.15, 0.2) is 0 Å². The largest absolute Gasteiger partial charge is 0.406 e. The van der Waals surface area contributed by atoms with Gasteiger partial charge in [-0.2, -0.15) is 13.2 Å². The minimum Gasteiger partial charge on any atom is -0.354 e. The van der Waals surface area contributed by atoms with Gasteiger partial charge in [0.25, 0.3) is 5.91 Å². The van der Waals surface area contributed by atoms with Crippen molar-refractivity contribution in [3.8, 4) is 0 Å². The van der Waals surface area contributed by atoms with Crippen molar-refractivity contribution in [2.75, 3.05) is 26.7 Å². The fourth-order valence-corrected chi connectivity index (χ4v) is 4.27. The summed E-state index contributed by atoms with van der Waals surface area (Å²) in [6, 6.07) is 3.01. The van der Waals surface area contributed by atoms with E-state index in [1.165, 1.54) is 0 Å². The predicted octanol–water partition coefficient (Wildman–Crippen LogP) is 2.07. The zero-order chi connectivity index (χ0) is 19.8. The van der Waals surface area contributed by atoms with Gasteiger partial charge < -0.3 is 14.8 Å². The van der Waals surface area contributed by atoms with Crippen LogP contribution in [0.1, 0.15) is 47.9 Å². The Labute approximate surface area is 156 Å². The highest BCUT2D eigenvalue weighted by atomic mass is 19.4. The summed E-state index contributed by atoms with van der Waals surface area (Å²) in [5.74, 6) is -0.639. The van der Waals surface area contributed by atoms with E-state index in [-0.39, 0.29) is 18.5 Å². The van der Waals surface area contributed by atoms with Gasteiger partial charge >= 0.3 is 6.18 Å². The van der Waals surface area contributed by atoms with Crippen molar-refractivity contribution >= 4 is 11.8 Å². The van der Waals surface area contributed by atoms with E-state index in [0.717, 1.165) is 29.9 Å². The molecule has 2 aliphatic rings. The highest BCUT2D eigenvalue weighted by molar-refractivity contribution is 5.92. The Morgan fingerprint density at radius 2 is 1.93 bits per heavy atom. The molecule has 1 N–H and O–H groups in total. The number of hydrogen-bond acceptors (Lipinski definition) is 3. The molecule has 3 heterocycles. The van der Waals surface area contributed by atoms with Gasteiger partial charge in [0.05, 0.1) is 12.1 Å². The standard InChI is InChI=1S/C18H25F3N4O2/c1-22-16(26)14-7-6-12(23(14)2)13-5-3-4-9-25(13)15-8-10-24(17(15)27)11-18(19,20)21/h6-7,13,15H,3-5,8-11H2,1-2H3,(H,22,26)/t13-,15+/m0/s1. The minimum atomic E-state index is -4.38. The molecule has 0 bridgehead atoms. The normalized spacial score (nSPS) is 24.5. The number of carbonyl (C=O) groups excluding carboxylic acids is 2. The van der Waals surface area contributed by atoms with Crippen molar-refractivity contribution < 1.29 is 22.8 Å². The average Bonchev–Trinajstić information content (AvgIpc) is 3.16. The Kier molecular flexibility index (Phi) is 5.50. The Hall–Kier alpha value is -2.03. The molecular weight excluding hydrogens is 361 g/mol. The Morgan fingerprint density at radius 3 is 2.59 bits per heavy atom. The molecule has 1 aromatic rings. The summed E-state index contributed by atoms with van der Waals surface area (Å²) in [5, 5.41) is 2.60. The van der Waals surface area contributed by atoms with Gasteiger partial charge in [0.2, 0.25) is 5.91 Å². The monoisotopic (exact) mass is 386 g/mol. The molecule has 0 radical (unpaired) electrons. The number of nitrogens with one attached hydrogen (secondary N) is 1. The first-order valence-electron chi connectivity index (χ1n) is 9.22. The van der Waals surface area contributed by atoms with E-state index in [2.05, 4.69) is 5.32 Å². The molecule has 0 spiro atoms. The van der Waals surface area contributed by atoms with Crippen LogP contribution in [0.25, 0.3) is 0 Å². The van der Waals surface area contributed by atoms with Gasteiger partial charge in [-0.3, -0.25) is 14.5 Å². The third-order valence-electron chi connectivity index (χ3n) is 5.55. The van der Waals surface area contributed by atoms with Crippen LogP contribution in [-0.4, -0.2) is 65.1 Å². The number of nitrogens with zero attached hydrogens (tertiary/aromatic N) is 3. The summed E-state index contributed by atoms with van der Waals surface area (Å²) in [6.07, 6.45) is -1.28. The van der Waals surface area contributed by atoms with E-state index in [4.69, 9.17) is 0 Å². The zero-order valence-electron chi connectivity index (χ0n) is 15.6. The molecule has 27 heavy (non-hydrogen) atoms. The first kappa shape index (κ1) is 19.7. The summed E-state index contributed by atoms with van der Waals surface area (Å²) in [6.45, 7) is -0.393. The first-order chi connectivity index (χ1) is 12.7. The number of rotatable bonds is 4. The summed E-state index contributed by atoms with van der Waals surface area (Å²) in [4.78, 5) is 27.5. The number of alkyl halides is 3. The predicted molar refractivity (Wildman–Crippen MR) is 93.1 cm³/mol. The molecule has 1 aromatic heterocycles. The zero-order valence-corrected chi connectivity index (χ0v) is 15.6. The summed E-state index contributed by atoms with van der Waals surface area (Å²) >= 11 is 0. The van der Waals surface area contributed by atoms with Gasteiger partial charge in [-0.05, 0) is 37.9 Å². The van der Waals surface area contributed by atoms with Crippen molar-refractivity contribution in [1.82, 2.24) is 19.7 Å². The van der Waals surface area contributed by atoms with E-state index in [1.54, 1.807) is 20.2 Å². The molecule has 0 unspecified atom stereocenters. The Balaban J connectivity index is 1.82. The number of hydrogen-bond donors (Lipinski definition) is 1. The third-order valence-corrected chi connectivity index (χ3v) is 5.55. The average molecular weight is 386 g/mol. The van der Waals surface area contributed by atoms with Crippen molar-refractivity contribution in [3.05, 3.63) is 23.5 Å². The molecule has 6 nitrogen and oxygen atoms in total. The molecule has 2 aliphatic heterocycles. The summed E-state index contributed by atoms with van der Waals surface area (Å²) < 4.78 is 39.9. The van der Waals surface area contributed by atoms with E-state index < -0.39 is 24.7 Å². The van der Waals surface area contributed by atoms with Gasteiger partial charge in [-0.1, -0.05) is 6.42 Å². The molecule has 0 aromatic carbocycles. The van der Waals surface area contributed by atoms with Gasteiger partial charge in [-0.25, -0.2) is 0 Å². The van der Waals surface area contributed by atoms with Crippen LogP contribution in [0.15, 0.2) is 12.1 Å². The molecule has 3 rings (SSSR count). The van der Waals surface area contributed by atoms with Gasteiger partial charge in [0, 0.05) is 26.3 Å². The van der Waals surface area contributed by atoms with Crippen LogP contribution in [0.3, 0.4) is 0 Å². The maximum atomic E-state index is 12.7. The van der Waals surface area contributed by atoms with Crippen molar-refractivity contribution in [1.29, 1.82) is 0 Å². The van der Waals surface area contributed by atoms with Crippen LogP contribution in [0.2, 0.25) is 0 Å². The maximum Gasteiger partial charge on any atom is 0.406 e. The molecule has 0 saturated carbocycles. The van der Waals surface area contributed by atoms with E-state index in [9.17, 15) is 22.8 Å². The lowest BCUT2D eigenvalue weighted by molar-refractivity contribution is -0.159. The summed E-state index contributed by atoms with van der Waals surface area (Å²) in [7, 11) is 3.37. The van der Waals surface area contributed by atoms with Crippen LogP contribution in [0, 0.1) is 0 Å². The van der Waals surface area contributed by atoms with E-state index in [0.29, 0.717) is 18.7 Å². The second kappa shape index (κ2) is 7.53. The van der Waals surface area contributed by atoms with Crippen LogP contribution < -0.4 is 5.32 Å². The molecule has 9 heteroatoms. The van der Waals surface area contributed by atoms with Crippen molar-refractivity contribution in [2.24, 2.45) is 7.05 Å². The number of aromatic nitrogens is 1. The lowest BCUT2D eigenvalue weighted by Crippen LogP contribution is -2.47. The minimum absolute atomic E-state index is 0.0815. The fraction of sp³-hybridized carbons (Fsp3) is 0.667. The maximum absolute atomic E-state index is 12.7. The Morgan fingerprint density at radius 1 is 1.19 bits per heavy atom. The lowest BCUT2D eigenvalue weighted by atomic mass is 9.96. The third kappa shape index (κ3) is 3.97. The van der Waals surface area contributed by atoms with Crippen LogP contribution >= 0.6 is 0 Å². The lowest BCUT2D eigenvalue weighted by Gasteiger charge is -2.39. The SMILES string of the molecule is CNC(=O)c1ccc([C@@H]2CCCCN2[C@@H]2CCN(CC(F)(F)F)C2=O)n1C. The quantitative estimate of drug-likeness (QED) is 0.862. The fourth-order valence-electron chi connectivity index (χ4n) is 4.27. The molecule has 2 saturated heterocycles. The van der Waals surface area contributed by atoms with Crippen LogP contribution in [0.4, 0.5) is 13.2 Å². The van der Waals surface area contributed by atoms with Crippen LogP contribution in [-0.2, 0) is 11.8 Å². The number of halogens is 3. The highest BCUT2D eigenvalue weighted by Crippen LogP contribution is 2.36. The van der Waals surface area contributed by atoms with E-state index in [1.807, 2.05) is 15.5 Å². The molecule has 2 amide bonds. The van der Waals surface area contributed by atoms with Gasteiger partial charge in [-0.15, -0.1) is 0 Å². The number of amides is 2. The number of carbonyl (C=O) groups is 2. The molecular formula is C18H25F3N4O2. The van der Waals surface area contributed by atoms with E-state index >= 15 is 0 Å². The van der Waals surface area contributed by atoms with Crippen LogP contribution in [0.5, 0.6) is 0 Å². The van der Waals surface area contributed by atoms with Crippen molar-refractivity contribution in [3.63, 3.8) is 0 Å². The molecule has 150 valence electrons. The second-order valence-corrected chi connectivity index (χ2v) is 7.21. The molecule has 0 aliphatic carbocycles. The Bertz CT molecular complexity index is 716. The molecule has 2 fully saturated rings.